The molecule has 4 heteroatoms. The molecular weight excluding hydrogens is 336 g/mol. The zero-order valence-corrected chi connectivity index (χ0v) is 16.2. The molecular formula is C23H26N2O2. The van der Waals surface area contributed by atoms with Crippen molar-refractivity contribution in [2.45, 2.75) is 33.2 Å². The molecule has 1 aliphatic rings. The predicted molar refractivity (Wildman–Crippen MR) is 109 cm³/mol. The fourth-order valence-electron chi connectivity index (χ4n) is 3.98. The number of anilines is 1. The molecule has 0 N–H and O–H groups in total. The molecule has 1 fully saturated rings. The molecule has 1 aliphatic heterocycles. The van der Waals surface area contributed by atoms with E-state index in [-0.39, 0.29) is 5.91 Å². The number of hydrogen-bond donors (Lipinski definition) is 0. The number of nitrogens with zero attached hydrogens (tertiary/aromatic N) is 2. The number of piperazine rings is 1. The van der Waals surface area contributed by atoms with Crippen LogP contribution >= 0.6 is 0 Å². The average Bonchev–Trinajstić information content (AvgIpc) is 3.03. The van der Waals surface area contributed by atoms with Crippen LogP contribution < -0.4 is 4.90 Å². The second kappa shape index (κ2) is 7.10. The van der Waals surface area contributed by atoms with Gasteiger partial charge in [0.2, 0.25) is 5.91 Å². The molecule has 0 bridgehead atoms. The Labute approximate surface area is 160 Å². The van der Waals surface area contributed by atoms with E-state index in [9.17, 15) is 4.79 Å². The standard InChI is InChI=1S/C23H26N2O2/c1-16-5-4-6-20(11-16)25-10-9-24(14-18(25)3)23(26)13-19-15-27-22-12-17(2)7-8-21(19)22/h4-8,11-12,15,18H,9-10,13-14H2,1-3H3/t18-/m1/s1. The summed E-state index contributed by atoms with van der Waals surface area (Å²) in [5.74, 6) is 0.175. The second-order valence-electron chi connectivity index (χ2n) is 7.66. The first-order valence-corrected chi connectivity index (χ1v) is 9.59. The zero-order chi connectivity index (χ0) is 19.0. The fraction of sp³-hybridized carbons (Fsp3) is 0.348. The van der Waals surface area contributed by atoms with Crippen molar-refractivity contribution in [1.29, 1.82) is 0 Å². The van der Waals surface area contributed by atoms with Gasteiger partial charge in [-0.15, -0.1) is 0 Å². The van der Waals surface area contributed by atoms with Crippen molar-refractivity contribution < 1.29 is 9.21 Å². The number of amides is 1. The Morgan fingerprint density at radius 2 is 1.93 bits per heavy atom. The van der Waals surface area contributed by atoms with E-state index in [1.807, 2.05) is 17.9 Å². The van der Waals surface area contributed by atoms with Gasteiger partial charge >= 0.3 is 0 Å². The smallest absolute Gasteiger partial charge is 0.227 e. The molecule has 1 amide bonds. The Bertz CT molecular complexity index is 975. The molecule has 2 heterocycles. The summed E-state index contributed by atoms with van der Waals surface area (Å²) in [5, 5.41) is 1.04. The highest BCUT2D eigenvalue weighted by atomic mass is 16.3. The molecule has 0 aliphatic carbocycles. The second-order valence-corrected chi connectivity index (χ2v) is 7.66. The fourth-order valence-corrected chi connectivity index (χ4v) is 3.98. The summed E-state index contributed by atoms with van der Waals surface area (Å²) >= 11 is 0. The average molecular weight is 362 g/mol. The zero-order valence-electron chi connectivity index (χ0n) is 16.2. The number of carbonyl (C=O) groups is 1. The molecule has 0 saturated carbocycles. The van der Waals surface area contributed by atoms with Crippen LogP contribution in [0, 0.1) is 13.8 Å². The maximum Gasteiger partial charge on any atom is 0.227 e. The Balaban J connectivity index is 1.44. The van der Waals surface area contributed by atoms with Gasteiger partial charge in [-0.25, -0.2) is 0 Å². The lowest BCUT2D eigenvalue weighted by molar-refractivity contribution is -0.131. The van der Waals surface area contributed by atoms with Crippen molar-refractivity contribution in [1.82, 2.24) is 4.90 Å². The van der Waals surface area contributed by atoms with Gasteiger partial charge in [0.15, 0.2) is 0 Å². The topological polar surface area (TPSA) is 36.7 Å². The number of furan rings is 1. The van der Waals surface area contributed by atoms with E-state index in [0.29, 0.717) is 12.5 Å². The predicted octanol–water partition coefficient (Wildman–Crippen LogP) is 4.33. The molecule has 1 saturated heterocycles. The SMILES string of the molecule is Cc1cccc(N2CCN(C(=O)Cc3coc4cc(C)ccc34)C[C@H]2C)c1. The summed E-state index contributed by atoms with van der Waals surface area (Å²) < 4.78 is 5.65. The Morgan fingerprint density at radius 3 is 2.70 bits per heavy atom. The number of aryl methyl sites for hydroxylation is 2. The molecule has 27 heavy (non-hydrogen) atoms. The van der Waals surface area contributed by atoms with Gasteiger partial charge in [-0.05, 0) is 50.1 Å². The van der Waals surface area contributed by atoms with Gasteiger partial charge in [-0.1, -0.05) is 24.3 Å². The van der Waals surface area contributed by atoms with Gasteiger partial charge in [0.1, 0.15) is 5.58 Å². The van der Waals surface area contributed by atoms with Crippen LogP contribution in [-0.4, -0.2) is 36.5 Å². The Kier molecular flexibility index (Phi) is 4.65. The van der Waals surface area contributed by atoms with Crippen molar-refractivity contribution in [2.75, 3.05) is 24.5 Å². The molecule has 1 atom stereocenters. The third-order valence-corrected chi connectivity index (χ3v) is 5.47. The van der Waals surface area contributed by atoms with Crippen molar-refractivity contribution >= 4 is 22.6 Å². The van der Waals surface area contributed by atoms with Crippen LogP contribution in [0.25, 0.3) is 11.0 Å². The molecule has 4 nitrogen and oxygen atoms in total. The summed E-state index contributed by atoms with van der Waals surface area (Å²) in [7, 11) is 0. The highest BCUT2D eigenvalue weighted by Gasteiger charge is 2.27. The highest BCUT2D eigenvalue weighted by Crippen LogP contribution is 2.25. The van der Waals surface area contributed by atoms with Gasteiger partial charge in [-0.3, -0.25) is 4.79 Å². The lowest BCUT2D eigenvalue weighted by atomic mass is 10.1. The van der Waals surface area contributed by atoms with Gasteiger partial charge in [0.05, 0.1) is 12.7 Å². The van der Waals surface area contributed by atoms with Crippen molar-refractivity contribution in [2.24, 2.45) is 0 Å². The summed E-state index contributed by atoms with van der Waals surface area (Å²) in [6.45, 7) is 8.72. The van der Waals surface area contributed by atoms with Crippen molar-refractivity contribution in [3.8, 4) is 0 Å². The Morgan fingerprint density at radius 1 is 1.11 bits per heavy atom. The summed E-state index contributed by atoms with van der Waals surface area (Å²) in [4.78, 5) is 17.3. The van der Waals surface area contributed by atoms with Crippen molar-refractivity contribution in [3.05, 3.63) is 65.4 Å². The maximum atomic E-state index is 12.9. The van der Waals surface area contributed by atoms with Crippen LogP contribution in [0.3, 0.4) is 0 Å². The minimum atomic E-state index is 0.175. The first-order valence-electron chi connectivity index (χ1n) is 9.59. The number of fused-ring (bicyclic) bond motifs is 1. The van der Waals surface area contributed by atoms with Crippen LogP contribution in [0.4, 0.5) is 5.69 Å². The maximum absolute atomic E-state index is 12.9. The van der Waals surface area contributed by atoms with E-state index in [4.69, 9.17) is 4.42 Å². The third kappa shape index (κ3) is 3.57. The number of benzene rings is 2. The first kappa shape index (κ1) is 17.7. The van der Waals surface area contributed by atoms with Gasteiger partial charge in [-0.2, -0.15) is 0 Å². The Hall–Kier alpha value is -2.75. The van der Waals surface area contributed by atoms with E-state index in [1.54, 1.807) is 6.26 Å². The van der Waals surface area contributed by atoms with Crippen LogP contribution in [0.2, 0.25) is 0 Å². The number of hydrogen-bond acceptors (Lipinski definition) is 3. The number of rotatable bonds is 3. The van der Waals surface area contributed by atoms with Crippen LogP contribution in [-0.2, 0) is 11.2 Å². The van der Waals surface area contributed by atoms with Crippen LogP contribution in [0.5, 0.6) is 0 Å². The van der Waals surface area contributed by atoms with E-state index in [2.05, 4.69) is 55.1 Å². The highest BCUT2D eigenvalue weighted by molar-refractivity contribution is 5.88. The summed E-state index contributed by atoms with van der Waals surface area (Å²) in [6.07, 6.45) is 2.13. The van der Waals surface area contributed by atoms with Crippen LogP contribution in [0.15, 0.2) is 53.1 Å². The molecule has 4 rings (SSSR count). The molecule has 0 unspecified atom stereocenters. The molecule has 1 aromatic heterocycles. The van der Waals surface area contributed by atoms with E-state index < -0.39 is 0 Å². The van der Waals surface area contributed by atoms with Crippen molar-refractivity contribution in [3.63, 3.8) is 0 Å². The minimum absolute atomic E-state index is 0.175. The van der Waals surface area contributed by atoms with Gasteiger partial charge < -0.3 is 14.2 Å². The van der Waals surface area contributed by atoms with E-state index >= 15 is 0 Å². The van der Waals surface area contributed by atoms with E-state index in [0.717, 1.165) is 41.7 Å². The first-order chi connectivity index (χ1) is 13.0. The quantitative estimate of drug-likeness (QED) is 0.696. The lowest BCUT2D eigenvalue weighted by Gasteiger charge is -2.41. The van der Waals surface area contributed by atoms with Crippen LogP contribution in [0.1, 0.15) is 23.6 Å². The van der Waals surface area contributed by atoms with Gasteiger partial charge in [0.25, 0.3) is 0 Å². The van der Waals surface area contributed by atoms with Gasteiger partial charge in [0, 0.05) is 42.3 Å². The van der Waals surface area contributed by atoms with E-state index in [1.165, 1.54) is 11.3 Å². The molecule has 0 spiro atoms. The lowest BCUT2D eigenvalue weighted by Crippen LogP contribution is -2.54. The largest absolute Gasteiger partial charge is 0.464 e. The third-order valence-electron chi connectivity index (χ3n) is 5.47. The number of carbonyl (C=O) groups excluding carboxylic acids is 1. The minimum Gasteiger partial charge on any atom is -0.464 e. The monoisotopic (exact) mass is 362 g/mol. The molecule has 140 valence electrons. The summed E-state index contributed by atoms with van der Waals surface area (Å²) in [5.41, 5.74) is 5.50. The molecule has 3 aromatic rings. The normalized spacial score (nSPS) is 17.5. The summed E-state index contributed by atoms with van der Waals surface area (Å²) in [6, 6.07) is 15.0. The molecule has 2 aromatic carbocycles. The molecule has 0 radical (unpaired) electrons.